The minimum Gasteiger partial charge on any atom is -0.493 e. The minimum atomic E-state index is 0.282. The Kier molecular flexibility index (Phi) is 8.47. The van der Waals surface area contributed by atoms with Gasteiger partial charge in [-0.05, 0) is 77.0 Å². The quantitative estimate of drug-likeness (QED) is 0.319. The number of hydrogen-bond donors (Lipinski definition) is 0. The Hall–Kier alpha value is -1.70. The van der Waals surface area contributed by atoms with E-state index < -0.39 is 0 Å². The molecule has 0 radical (unpaired) electrons. The monoisotopic (exact) mass is 370 g/mol. The third-order valence-corrected chi connectivity index (χ3v) is 5.55. The zero-order chi connectivity index (χ0) is 19.8. The van der Waals surface area contributed by atoms with Gasteiger partial charge < -0.3 is 9.47 Å². The minimum absolute atomic E-state index is 0.282. The second-order valence-electron chi connectivity index (χ2n) is 7.86. The fraction of sp³-hybridized carbons (Fsp3) is 0.600. The van der Waals surface area contributed by atoms with Gasteiger partial charge in [-0.25, -0.2) is 0 Å². The molecule has 0 fully saturated rings. The van der Waals surface area contributed by atoms with Crippen LogP contribution in [-0.2, 0) is 6.42 Å². The van der Waals surface area contributed by atoms with E-state index in [4.69, 9.17) is 9.47 Å². The van der Waals surface area contributed by atoms with E-state index in [9.17, 15) is 0 Å². The van der Waals surface area contributed by atoms with Gasteiger partial charge >= 0.3 is 0 Å². The Labute approximate surface area is 166 Å². The van der Waals surface area contributed by atoms with E-state index in [1.165, 1.54) is 41.5 Å². The third-order valence-electron chi connectivity index (χ3n) is 5.55. The summed E-state index contributed by atoms with van der Waals surface area (Å²) in [6, 6.07) is 4.51. The number of aryl methyl sites for hydroxylation is 1. The lowest BCUT2D eigenvalue weighted by Crippen LogP contribution is -2.19. The van der Waals surface area contributed by atoms with Crippen LogP contribution < -0.4 is 9.47 Å². The summed E-state index contributed by atoms with van der Waals surface area (Å²) in [6.45, 7) is 16.4. The van der Waals surface area contributed by atoms with E-state index in [1.807, 2.05) is 0 Å². The average molecular weight is 371 g/mol. The molecule has 2 heteroatoms. The summed E-state index contributed by atoms with van der Waals surface area (Å²) in [6.07, 6.45) is 9.51. The highest BCUT2D eigenvalue weighted by Gasteiger charge is 2.31. The second kappa shape index (κ2) is 10.6. The van der Waals surface area contributed by atoms with Crippen LogP contribution in [0.25, 0.3) is 0 Å². The smallest absolute Gasteiger partial charge is 0.127 e. The van der Waals surface area contributed by atoms with Crippen LogP contribution in [-0.4, -0.2) is 13.2 Å². The van der Waals surface area contributed by atoms with Gasteiger partial charge in [-0.15, -0.1) is 0 Å². The maximum atomic E-state index is 6.15. The van der Waals surface area contributed by atoms with E-state index in [1.54, 1.807) is 0 Å². The highest BCUT2D eigenvalue weighted by Crippen LogP contribution is 2.47. The number of unbranched alkanes of at least 4 members (excludes halogenated alkanes) is 2. The van der Waals surface area contributed by atoms with Crippen LogP contribution in [0.5, 0.6) is 11.5 Å². The van der Waals surface area contributed by atoms with Gasteiger partial charge in [-0.3, -0.25) is 0 Å². The molecule has 27 heavy (non-hydrogen) atoms. The van der Waals surface area contributed by atoms with E-state index in [0.717, 1.165) is 30.8 Å². The van der Waals surface area contributed by atoms with Gasteiger partial charge in [0, 0.05) is 11.5 Å². The molecule has 2 atom stereocenters. The lowest BCUT2D eigenvalue weighted by Gasteiger charge is -2.33. The van der Waals surface area contributed by atoms with Crippen LogP contribution in [0.2, 0.25) is 0 Å². The van der Waals surface area contributed by atoms with Crippen LogP contribution in [0.3, 0.4) is 0 Å². The van der Waals surface area contributed by atoms with Crippen LogP contribution >= 0.6 is 0 Å². The summed E-state index contributed by atoms with van der Waals surface area (Å²) < 4.78 is 12.3. The molecule has 150 valence electrons. The van der Waals surface area contributed by atoms with Gasteiger partial charge in [-0.2, -0.15) is 0 Å². The van der Waals surface area contributed by atoms with Crippen molar-refractivity contribution < 1.29 is 9.47 Å². The number of hydrogen-bond acceptors (Lipinski definition) is 2. The molecule has 0 saturated heterocycles. The summed E-state index contributed by atoms with van der Waals surface area (Å²) in [4.78, 5) is 0. The van der Waals surface area contributed by atoms with Crippen LogP contribution in [0.15, 0.2) is 35.9 Å². The normalized spacial score (nSPS) is 19.5. The molecule has 0 aliphatic heterocycles. The van der Waals surface area contributed by atoms with Crippen LogP contribution in [0, 0.1) is 5.92 Å². The van der Waals surface area contributed by atoms with Gasteiger partial charge in [0.1, 0.15) is 11.5 Å². The molecule has 0 saturated carbocycles. The van der Waals surface area contributed by atoms with Gasteiger partial charge in [0.05, 0.1) is 13.2 Å². The molecule has 0 N–H and O–H groups in total. The first kappa shape index (κ1) is 21.6. The predicted molar refractivity (Wildman–Crippen MR) is 116 cm³/mol. The van der Waals surface area contributed by atoms with Crippen molar-refractivity contribution in [2.45, 2.75) is 79.1 Å². The van der Waals surface area contributed by atoms with Gasteiger partial charge in [0.2, 0.25) is 0 Å². The van der Waals surface area contributed by atoms with Crippen LogP contribution in [0.1, 0.15) is 83.8 Å². The van der Waals surface area contributed by atoms with E-state index in [2.05, 4.69) is 59.4 Å². The third kappa shape index (κ3) is 5.64. The first-order valence-electron chi connectivity index (χ1n) is 10.8. The molecule has 0 amide bonds. The van der Waals surface area contributed by atoms with E-state index in [0.29, 0.717) is 19.1 Å². The lowest BCUT2D eigenvalue weighted by atomic mass is 9.73. The highest BCUT2D eigenvalue weighted by molar-refractivity contribution is 5.53. The summed E-state index contributed by atoms with van der Waals surface area (Å²) in [7, 11) is 0. The molecular weight excluding hydrogens is 332 g/mol. The maximum absolute atomic E-state index is 6.15. The van der Waals surface area contributed by atoms with Crippen molar-refractivity contribution in [1.29, 1.82) is 0 Å². The fourth-order valence-corrected chi connectivity index (χ4v) is 4.16. The molecule has 1 aliphatic carbocycles. The van der Waals surface area contributed by atoms with Crippen molar-refractivity contribution in [2.24, 2.45) is 5.92 Å². The molecule has 0 spiro atoms. The number of ether oxygens (including phenoxy) is 2. The molecule has 1 aliphatic rings. The molecule has 0 aromatic heterocycles. The molecule has 2 nitrogen and oxygen atoms in total. The first-order chi connectivity index (χ1) is 13.0. The molecule has 1 aromatic carbocycles. The van der Waals surface area contributed by atoms with Gasteiger partial charge in [0.25, 0.3) is 0 Å². The molecule has 0 bridgehead atoms. The molecule has 0 heterocycles. The number of allylic oxidation sites excluding steroid dienone is 3. The van der Waals surface area contributed by atoms with E-state index in [-0.39, 0.29) is 5.92 Å². The molecule has 2 rings (SSSR count). The van der Waals surface area contributed by atoms with Crippen molar-refractivity contribution in [1.82, 2.24) is 0 Å². The Morgan fingerprint density at radius 1 is 1.07 bits per heavy atom. The lowest BCUT2D eigenvalue weighted by molar-refractivity contribution is 0.307. The number of rotatable bonds is 10. The second-order valence-corrected chi connectivity index (χ2v) is 7.86. The van der Waals surface area contributed by atoms with Gasteiger partial charge in [0.15, 0.2) is 0 Å². The largest absolute Gasteiger partial charge is 0.493 e. The standard InChI is InChI=1S/C25H38O2/c1-7-10-11-12-20-16-23(26-8-2)25(24(17-20)27-9-3)22-15-19(6)13-14-21(22)18(4)5/h15-17,21-22H,4,7-14H2,1-3,5-6H3/t21-,22+/m0/s1. The van der Waals surface area contributed by atoms with Crippen molar-refractivity contribution in [3.05, 3.63) is 47.1 Å². The zero-order valence-corrected chi connectivity index (χ0v) is 18.1. The first-order valence-corrected chi connectivity index (χ1v) is 10.8. The summed E-state index contributed by atoms with van der Waals surface area (Å²) >= 11 is 0. The van der Waals surface area contributed by atoms with Crippen molar-refractivity contribution >= 4 is 0 Å². The summed E-state index contributed by atoms with van der Waals surface area (Å²) in [5.41, 5.74) is 5.24. The van der Waals surface area contributed by atoms with Crippen LogP contribution in [0.4, 0.5) is 0 Å². The maximum Gasteiger partial charge on any atom is 0.127 e. The van der Waals surface area contributed by atoms with E-state index >= 15 is 0 Å². The molecule has 1 aromatic rings. The van der Waals surface area contributed by atoms with Crippen molar-refractivity contribution in [3.63, 3.8) is 0 Å². The van der Waals surface area contributed by atoms with Gasteiger partial charge in [-0.1, -0.05) is 43.6 Å². The predicted octanol–water partition coefficient (Wildman–Crippen LogP) is 7.23. The Balaban J connectivity index is 2.53. The molecular formula is C25H38O2. The summed E-state index contributed by atoms with van der Waals surface area (Å²) in [5, 5.41) is 0. The molecule has 0 unspecified atom stereocenters. The Morgan fingerprint density at radius 3 is 2.22 bits per heavy atom. The highest BCUT2D eigenvalue weighted by atomic mass is 16.5. The Bertz CT molecular complexity index is 629. The fourth-order valence-electron chi connectivity index (χ4n) is 4.16. The summed E-state index contributed by atoms with van der Waals surface area (Å²) in [5.74, 6) is 2.72. The van der Waals surface area contributed by atoms with Crippen molar-refractivity contribution in [3.8, 4) is 11.5 Å². The zero-order valence-electron chi connectivity index (χ0n) is 18.1. The average Bonchev–Trinajstić information content (AvgIpc) is 2.62. The van der Waals surface area contributed by atoms with Crippen molar-refractivity contribution in [2.75, 3.05) is 13.2 Å². The number of benzene rings is 1. The Morgan fingerprint density at radius 2 is 1.70 bits per heavy atom. The SMILES string of the molecule is C=C(C)[C@@H]1CCC(C)=C[C@H]1c1c(OCC)cc(CCCCC)cc1OCC. The topological polar surface area (TPSA) is 18.5 Å².